The minimum absolute atomic E-state index is 0.249. The van der Waals surface area contributed by atoms with Gasteiger partial charge in [-0.05, 0) is 36.8 Å². The molecule has 1 aliphatic rings. The molecule has 0 saturated heterocycles. The number of aryl methyl sites for hydroxylation is 1. The minimum Gasteiger partial charge on any atom is -0.454 e. The third-order valence-corrected chi connectivity index (χ3v) is 4.01. The van der Waals surface area contributed by atoms with Crippen molar-refractivity contribution in [3.8, 4) is 11.5 Å². The maximum atomic E-state index is 6.06. The highest BCUT2D eigenvalue weighted by Gasteiger charge is 2.13. The molecule has 7 heteroatoms. The molecule has 2 heterocycles. The summed E-state index contributed by atoms with van der Waals surface area (Å²) >= 11 is 6.06. The summed E-state index contributed by atoms with van der Waals surface area (Å²) in [5, 5.41) is 7.16. The van der Waals surface area contributed by atoms with Crippen LogP contribution in [0.25, 0.3) is 0 Å². The lowest BCUT2D eigenvalue weighted by atomic mass is 10.2. The van der Waals surface area contributed by atoms with Crippen LogP contribution in [0.5, 0.6) is 11.5 Å². The van der Waals surface area contributed by atoms with Crippen LogP contribution < -0.4 is 20.1 Å². The second-order valence-electron chi connectivity index (χ2n) is 5.57. The van der Waals surface area contributed by atoms with E-state index in [-0.39, 0.29) is 6.79 Å². The second-order valence-corrected chi connectivity index (χ2v) is 6.00. The van der Waals surface area contributed by atoms with Gasteiger partial charge in [-0.3, -0.25) is 0 Å². The number of nitrogens with zero attached hydrogens (tertiary/aromatic N) is 2. The summed E-state index contributed by atoms with van der Waals surface area (Å²) < 4.78 is 10.7. The van der Waals surface area contributed by atoms with Crippen molar-refractivity contribution in [2.75, 3.05) is 17.4 Å². The molecule has 0 radical (unpaired) electrons. The first kappa shape index (κ1) is 15.5. The molecule has 0 atom stereocenters. The van der Waals surface area contributed by atoms with E-state index in [1.807, 2.05) is 49.4 Å². The lowest BCUT2D eigenvalue weighted by molar-refractivity contribution is 0.174. The molecule has 1 aromatic heterocycles. The van der Waals surface area contributed by atoms with Gasteiger partial charge in [0.05, 0.1) is 0 Å². The average molecular weight is 355 g/mol. The van der Waals surface area contributed by atoms with Crippen LogP contribution >= 0.6 is 11.6 Å². The Labute approximate surface area is 149 Å². The number of hydrogen-bond acceptors (Lipinski definition) is 6. The maximum absolute atomic E-state index is 6.06. The molecule has 0 fully saturated rings. The lowest BCUT2D eigenvalue weighted by Gasteiger charge is -2.11. The predicted molar refractivity (Wildman–Crippen MR) is 97.4 cm³/mol. The monoisotopic (exact) mass is 354 g/mol. The van der Waals surface area contributed by atoms with E-state index < -0.39 is 0 Å². The highest BCUT2D eigenvalue weighted by molar-refractivity contribution is 6.30. The van der Waals surface area contributed by atoms with Gasteiger partial charge in [-0.15, -0.1) is 0 Å². The topological polar surface area (TPSA) is 68.3 Å². The van der Waals surface area contributed by atoms with E-state index in [0.717, 1.165) is 22.7 Å². The predicted octanol–water partition coefficient (Wildman–Crippen LogP) is 4.65. The van der Waals surface area contributed by atoms with Crippen molar-refractivity contribution >= 4 is 34.6 Å². The molecule has 0 amide bonds. The normalized spacial score (nSPS) is 12.1. The van der Waals surface area contributed by atoms with Gasteiger partial charge in [0.25, 0.3) is 0 Å². The molecule has 0 aliphatic carbocycles. The van der Waals surface area contributed by atoms with E-state index in [1.165, 1.54) is 6.33 Å². The van der Waals surface area contributed by atoms with Crippen molar-refractivity contribution in [1.29, 1.82) is 0 Å². The van der Waals surface area contributed by atoms with Crippen molar-refractivity contribution in [3.05, 3.63) is 59.4 Å². The number of rotatable bonds is 4. The number of benzene rings is 2. The first-order chi connectivity index (χ1) is 12.2. The quantitative estimate of drug-likeness (QED) is 0.710. The fraction of sp³-hybridized carbons (Fsp3) is 0.111. The molecule has 3 aromatic rings. The molecule has 0 unspecified atom stereocenters. The van der Waals surface area contributed by atoms with Crippen molar-refractivity contribution < 1.29 is 9.47 Å². The number of hydrogen-bond donors (Lipinski definition) is 2. The van der Waals surface area contributed by atoms with Gasteiger partial charge >= 0.3 is 0 Å². The number of aromatic nitrogens is 2. The zero-order chi connectivity index (χ0) is 17.2. The summed E-state index contributed by atoms with van der Waals surface area (Å²) in [5.74, 6) is 2.79. The molecule has 6 nitrogen and oxygen atoms in total. The van der Waals surface area contributed by atoms with Crippen LogP contribution in [0.1, 0.15) is 5.56 Å². The van der Waals surface area contributed by atoms with E-state index in [0.29, 0.717) is 22.4 Å². The minimum atomic E-state index is 0.249. The molecule has 0 saturated carbocycles. The molecule has 25 heavy (non-hydrogen) atoms. The van der Waals surface area contributed by atoms with Gasteiger partial charge < -0.3 is 20.1 Å². The molecular weight excluding hydrogens is 340 g/mol. The Morgan fingerprint density at radius 2 is 1.72 bits per heavy atom. The summed E-state index contributed by atoms with van der Waals surface area (Å²) in [6.45, 7) is 2.25. The van der Waals surface area contributed by atoms with Gasteiger partial charge in [-0.2, -0.15) is 0 Å². The third kappa shape index (κ3) is 3.44. The number of nitrogens with one attached hydrogen (secondary N) is 2. The fourth-order valence-corrected chi connectivity index (χ4v) is 2.66. The highest BCUT2D eigenvalue weighted by Crippen LogP contribution is 2.35. The molecule has 1 aliphatic heterocycles. The maximum Gasteiger partial charge on any atom is 0.231 e. The molecule has 0 spiro atoms. The number of anilines is 4. The smallest absolute Gasteiger partial charge is 0.231 e. The zero-order valence-electron chi connectivity index (χ0n) is 13.4. The molecule has 2 N–H and O–H groups in total. The summed E-state index contributed by atoms with van der Waals surface area (Å²) in [7, 11) is 0. The Hall–Kier alpha value is -2.99. The second kappa shape index (κ2) is 6.49. The van der Waals surface area contributed by atoms with E-state index in [2.05, 4.69) is 20.6 Å². The van der Waals surface area contributed by atoms with E-state index in [1.54, 1.807) is 0 Å². The molecular formula is C18H15ClN4O2. The van der Waals surface area contributed by atoms with Crippen LogP contribution in [0.2, 0.25) is 5.02 Å². The largest absolute Gasteiger partial charge is 0.454 e. The van der Waals surface area contributed by atoms with Crippen LogP contribution in [0, 0.1) is 6.92 Å². The third-order valence-electron chi connectivity index (χ3n) is 3.77. The summed E-state index contributed by atoms with van der Waals surface area (Å²) in [4.78, 5) is 8.50. The van der Waals surface area contributed by atoms with E-state index >= 15 is 0 Å². The molecule has 2 aromatic carbocycles. The van der Waals surface area contributed by atoms with Crippen molar-refractivity contribution in [2.45, 2.75) is 6.92 Å². The standard InChI is InChI=1S/C18H15ClN4O2/c1-11-2-3-12(19)6-14(11)23-18-8-17(20-9-21-18)22-13-4-5-15-16(7-13)25-10-24-15/h2-9H,10H2,1H3,(H2,20,21,22,23). The Morgan fingerprint density at radius 1 is 0.920 bits per heavy atom. The fourth-order valence-electron chi connectivity index (χ4n) is 2.48. The molecule has 126 valence electrons. The summed E-state index contributed by atoms with van der Waals surface area (Å²) in [5.41, 5.74) is 2.83. The van der Waals surface area contributed by atoms with Crippen molar-refractivity contribution in [2.24, 2.45) is 0 Å². The SMILES string of the molecule is Cc1ccc(Cl)cc1Nc1cc(Nc2ccc3c(c2)OCO3)ncn1. The molecule has 0 bridgehead atoms. The van der Waals surface area contributed by atoms with Gasteiger partial charge in [-0.25, -0.2) is 9.97 Å². The van der Waals surface area contributed by atoms with Gasteiger partial charge in [0.2, 0.25) is 6.79 Å². The lowest BCUT2D eigenvalue weighted by Crippen LogP contribution is -1.99. The van der Waals surface area contributed by atoms with Crippen LogP contribution in [0.4, 0.5) is 23.0 Å². The highest BCUT2D eigenvalue weighted by atomic mass is 35.5. The summed E-state index contributed by atoms with van der Waals surface area (Å²) in [6.07, 6.45) is 1.50. The first-order valence-electron chi connectivity index (χ1n) is 7.69. The molecule has 4 rings (SSSR count). The number of ether oxygens (including phenoxy) is 2. The Morgan fingerprint density at radius 3 is 2.60 bits per heavy atom. The Bertz CT molecular complexity index is 933. The summed E-state index contributed by atoms with van der Waals surface area (Å²) in [6, 6.07) is 13.1. The average Bonchev–Trinajstić information content (AvgIpc) is 3.06. The van der Waals surface area contributed by atoms with Crippen molar-refractivity contribution in [1.82, 2.24) is 9.97 Å². The first-order valence-corrected chi connectivity index (χ1v) is 8.07. The number of fused-ring (bicyclic) bond motifs is 1. The van der Waals surface area contributed by atoms with Crippen molar-refractivity contribution in [3.63, 3.8) is 0 Å². The Balaban J connectivity index is 1.54. The van der Waals surface area contributed by atoms with Crippen LogP contribution in [-0.2, 0) is 0 Å². The van der Waals surface area contributed by atoms with Crippen LogP contribution in [0.15, 0.2) is 48.8 Å². The van der Waals surface area contributed by atoms with E-state index in [4.69, 9.17) is 21.1 Å². The van der Waals surface area contributed by atoms with E-state index in [9.17, 15) is 0 Å². The van der Waals surface area contributed by atoms with Gasteiger partial charge in [0.1, 0.15) is 18.0 Å². The Kier molecular flexibility index (Phi) is 4.03. The van der Waals surface area contributed by atoms with Gasteiger partial charge in [0.15, 0.2) is 11.5 Å². The zero-order valence-corrected chi connectivity index (χ0v) is 14.2. The van der Waals surface area contributed by atoms with Crippen LogP contribution in [-0.4, -0.2) is 16.8 Å². The van der Waals surface area contributed by atoms with Crippen LogP contribution in [0.3, 0.4) is 0 Å². The number of halogens is 1. The van der Waals surface area contributed by atoms with Gasteiger partial charge in [-0.1, -0.05) is 17.7 Å². The van der Waals surface area contributed by atoms with Gasteiger partial charge in [0, 0.05) is 28.5 Å².